The number of aromatic carboxylic acids is 1. The predicted octanol–water partition coefficient (Wildman–Crippen LogP) is 1.94. The summed E-state index contributed by atoms with van der Waals surface area (Å²) in [7, 11) is 0. The van der Waals surface area contributed by atoms with Gasteiger partial charge in [0.25, 0.3) is 0 Å². The van der Waals surface area contributed by atoms with E-state index in [2.05, 4.69) is 10.3 Å². The van der Waals surface area contributed by atoms with Crippen molar-refractivity contribution in [3.8, 4) is 11.3 Å². The second-order valence-electron chi connectivity index (χ2n) is 4.06. The van der Waals surface area contributed by atoms with Crippen molar-refractivity contribution in [1.82, 2.24) is 15.0 Å². The number of carboxylic acids is 2. The van der Waals surface area contributed by atoms with Crippen LogP contribution in [0, 0.1) is 0 Å². The lowest BCUT2D eigenvalue weighted by Gasteiger charge is -2.11. The molecule has 2 rings (SSSR count). The Morgan fingerprint density at radius 3 is 2.35 bits per heavy atom. The Balaban J connectivity index is 2.64. The van der Waals surface area contributed by atoms with Crippen LogP contribution in [0.1, 0.15) is 23.5 Å². The second-order valence-corrected chi connectivity index (χ2v) is 4.49. The zero-order chi connectivity index (χ0) is 14.9. The highest BCUT2D eigenvalue weighted by Crippen LogP contribution is 2.26. The molecule has 1 heterocycles. The molecule has 1 aromatic carbocycles. The number of aromatic nitrogens is 3. The molecular formula is C12H10ClN3O4. The minimum Gasteiger partial charge on any atom is -0.480 e. The first-order valence-corrected chi connectivity index (χ1v) is 5.97. The van der Waals surface area contributed by atoms with Crippen molar-refractivity contribution < 1.29 is 19.8 Å². The highest BCUT2D eigenvalue weighted by Gasteiger charge is 2.26. The van der Waals surface area contributed by atoms with Gasteiger partial charge in [-0.1, -0.05) is 28.9 Å². The maximum Gasteiger partial charge on any atom is 0.358 e. The summed E-state index contributed by atoms with van der Waals surface area (Å²) in [4.78, 5) is 22.2. The summed E-state index contributed by atoms with van der Waals surface area (Å²) in [5.74, 6) is -2.42. The summed E-state index contributed by atoms with van der Waals surface area (Å²) in [5, 5.41) is 25.8. The molecule has 0 saturated heterocycles. The van der Waals surface area contributed by atoms with Crippen LogP contribution in [0.5, 0.6) is 0 Å². The summed E-state index contributed by atoms with van der Waals surface area (Å²) in [6, 6.07) is 5.27. The van der Waals surface area contributed by atoms with Gasteiger partial charge in [0, 0.05) is 10.6 Å². The maximum absolute atomic E-state index is 11.2. The van der Waals surface area contributed by atoms with Gasteiger partial charge >= 0.3 is 11.9 Å². The number of benzene rings is 1. The third kappa shape index (κ3) is 2.48. The molecule has 0 spiro atoms. The van der Waals surface area contributed by atoms with Crippen molar-refractivity contribution >= 4 is 23.5 Å². The topological polar surface area (TPSA) is 105 Å². The standard InChI is InChI=1S/C12H10ClN3O4/c1-6(11(17)18)16-10(9(12(19)20)14-15-16)7-2-4-8(13)5-3-7/h2-6H,1H3,(H,17,18)(H,19,20). The molecule has 8 heteroatoms. The fourth-order valence-electron chi connectivity index (χ4n) is 1.69. The van der Waals surface area contributed by atoms with Crippen molar-refractivity contribution in [2.24, 2.45) is 0 Å². The number of halogens is 1. The van der Waals surface area contributed by atoms with E-state index in [9.17, 15) is 9.59 Å². The van der Waals surface area contributed by atoms with Crippen molar-refractivity contribution in [3.63, 3.8) is 0 Å². The van der Waals surface area contributed by atoms with Gasteiger partial charge in [0.15, 0.2) is 5.69 Å². The van der Waals surface area contributed by atoms with Crippen LogP contribution in [0.15, 0.2) is 24.3 Å². The molecule has 0 radical (unpaired) electrons. The fraction of sp³-hybridized carbons (Fsp3) is 0.167. The van der Waals surface area contributed by atoms with Crippen LogP contribution in [0.2, 0.25) is 5.02 Å². The Morgan fingerprint density at radius 2 is 1.85 bits per heavy atom. The van der Waals surface area contributed by atoms with Gasteiger partial charge in [-0.2, -0.15) is 0 Å². The average molecular weight is 296 g/mol. The highest BCUT2D eigenvalue weighted by molar-refractivity contribution is 6.30. The van der Waals surface area contributed by atoms with E-state index in [4.69, 9.17) is 21.8 Å². The van der Waals surface area contributed by atoms with Crippen LogP contribution >= 0.6 is 11.6 Å². The maximum atomic E-state index is 11.2. The number of carboxylic acid groups (broad SMARTS) is 2. The zero-order valence-electron chi connectivity index (χ0n) is 10.3. The molecule has 1 unspecified atom stereocenters. The third-order valence-corrected chi connectivity index (χ3v) is 2.99. The lowest BCUT2D eigenvalue weighted by molar-refractivity contribution is -0.140. The van der Waals surface area contributed by atoms with Crippen LogP contribution < -0.4 is 0 Å². The van der Waals surface area contributed by atoms with E-state index in [1.54, 1.807) is 24.3 Å². The van der Waals surface area contributed by atoms with Crippen molar-refractivity contribution in [3.05, 3.63) is 35.0 Å². The Bertz CT molecular complexity index is 666. The quantitative estimate of drug-likeness (QED) is 0.893. The number of hydrogen-bond donors (Lipinski definition) is 2. The fourth-order valence-corrected chi connectivity index (χ4v) is 1.82. The smallest absolute Gasteiger partial charge is 0.358 e. The summed E-state index contributed by atoms with van der Waals surface area (Å²) >= 11 is 5.78. The Kier molecular flexibility index (Phi) is 3.71. The number of aliphatic carboxylic acids is 1. The first kappa shape index (κ1) is 14.0. The van der Waals surface area contributed by atoms with Crippen molar-refractivity contribution in [1.29, 1.82) is 0 Å². The van der Waals surface area contributed by atoms with E-state index in [0.717, 1.165) is 4.68 Å². The van der Waals surface area contributed by atoms with Crippen molar-refractivity contribution in [2.45, 2.75) is 13.0 Å². The highest BCUT2D eigenvalue weighted by atomic mass is 35.5. The largest absolute Gasteiger partial charge is 0.480 e. The van der Waals surface area contributed by atoms with Gasteiger partial charge in [-0.15, -0.1) is 5.10 Å². The summed E-state index contributed by atoms with van der Waals surface area (Å²) < 4.78 is 1.06. The molecule has 0 fully saturated rings. The summed E-state index contributed by atoms with van der Waals surface area (Å²) in [6.45, 7) is 1.39. The predicted molar refractivity (Wildman–Crippen MR) is 69.8 cm³/mol. The molecule has 0 aliphatic rings. The average Bonchev–Trinajstić information content (AvgIpc) is 2.83. The Morgan fingerprint density at radius 1 is 1.25 bits per heavy atom. The molecular weight excluding hydrogens is 286 g/mol. The molecule has 0 amide bonds. The van der Waals surface area contributed by atoms with Gasteiger partial charge in [0.2, 0.25) is 0 Å². The van der Waals surface area contributed by atoms with E-state index in [0.29, 0.717) is 10.6 Å². The summed E-state index contributed by atoms with van der Waals surface area (Å²) in [5.41, 5.74) is 0.300. The van der Waals surface area contributed by atoms with E-state index < -0.39 is 18.0 Å². The second kappa shape index (κ2) is 5.30. The monoisotopic (exact) mass is 295 g/mol. The first-order valence-electron chi connectivity index (χ1n) is 5.59. The third-order valence-electron chi connectivity index (χ3n) is 2.74. The van der Waals surface area contributed by atoms with Crippen LogP contribution in [-0.2, 0) is 4.79 Å². The van der Waals surface area contributed by atoms with Crippen LogP contribution in [0.25, 0.3) is 11.3 Å². The molecule has 20 heavy (non-hydrogen) atoms. The van der Waals surface area contributed by atoms with Gasteiger partial charge in [0.05, 0.1) is 0 Å². The number of carbonyl (C=O) groups is 2. The lowest BCUT2D eigenvalue weighted by Crippen LogP contribution is -2.18. The summed E-state index contributed by atoms with van der Waals surface area (Å²) in [6.07, 6.45) is 0. The van der Waals surface area contributed by atoms with Gasteiger partial charge in [-0.05, 0) is 19.1 Å². The van der Waals surface area contributed by atoms with Crippen LogP contribution in [0.3, 0.4) is 0 Å². The Hall–Kier alpha value is -2.41. The van der Waals surface area contributed by atoms with E-state index in [-0.39, 0.29) is 11.4 Å². The molecule has 104 valence electrons. The van der Waals surface area contributed by atoms with Gasteiger partial charge in [0.1, 0.15) is 11.7 Å². The minimum atomic E-state index is -1.28. The van der Waals surface area contributed by atoms with Crippen LogP contribution in [-0.4, -0.2) is 37.1 Å². The lowest BCUT2D eigenvalue weighted by atomic mass is 10.1. The van der Waals surface area contributed by atoms with Gasteiger partial charge < -0.3 is 10.2 Å². The molecule has 0 aliphatic heterocycles. The number of hydrogen-bond acceptors (Lipinski definition) is 4. The molecule has 2 N–H and O–H groups in total. The molecule has 2 aromatic rings. The molecule has 0 saturated carbocycles. The number of rotatable bonds is 4. The minimum absolute atomic E-state index is 0.129. The normalized spacial score (nSPS) is 12.1. The van der Waals surface area contributed by atoms with Crippen molar-refractivity contribution in [2.75, 3.05) is 0 Å². The van der Waals surface area contributed by atoms with E-state index in [1.165, 1.54) is 6.92 Å². The Labute approximate surface area is 118 Å². The zero-order valence-corrected chi connectivity index (χ0v) is 11.1. The van der Waals surface area contributed by atoms with E-state index in [1.807, 2.05) is 0 Å². The molecule has 1 aromatic heterocycles. The first-order chi connectivity index (χ1) is 9.41. The number of nitrogens with zero attached hydrogens (tertiary/aromatic N) is 3. The molecule has 1 atom stereocenters. The molecule has 0 aliphatic carbocycles. The van der Waals surface area contributed by atoms with Gasteiger partial charge in [-0.3, -0.25) is 0 Å². The molecule has 0 bridgehead atoms. The SMILES string of the molecule is CC(C(=O)O)n1nnc(C(=O)O)c1-c1ccc(Cl)cc1. The molecule has 7 nitrogen and oxygen atoms in total. The van der Waals surface area contributed by atoms with Crippen LogP contribution in [0.4, 0.5) is 0 Å². The van der Waals surface area contributed by atoms with E-state index >= 15 is 0 Å². The van der Waals surface area contributed by atoms with Gasteiger partial charge in [-0.25, -0.2) is 14.3 Å².